The number of hydrogen-bond acceptors (Lipinski definition) is 5. The Morgan fingerprint density at radius 1 is 1.23 bits per heavy atom. The minimum Gasteiger partial charge on any atom is -0.495 e. The van der Waals surface area contributed by atoms with Gasteiger partial charge in [-0.05, 0) is 37.5 Å². The number of benzene rings is 1. The van der Waals surface area contributed by atoms with Crippen LogP contribution in [-0.2, 0) is 19.6 Å². The standard InChI is InChI=1S/C18H26N2O5S/c1-14-5-6-16(24-2)17(12-14)26(22,23)20-7-3-4-15(13-20)18(21)19-8-10-25-11-9-19/h5-6,12,15H,3-4,7-11,13H2,1-2H3/t15-/m0/s1. The SMILES string of the molecule is COc1ccc(C)cc1S(=O)(=O)N1CCC[C@H](C(=O)N2CCOCC2)C1. The molecule has 1 atom stereocenters. The topological polar surface area (TPSA) is 76.2 Å². The Morgan fingerprint density at radius 2 is 1.96 bits per heavy atom. The maximum atomic E-state index is 13.2. The zero-order chi connectivity index (χ0) is 18.7. The number of methoxy groups -OCH3 is 1. The molecule has 26 heavy (non-hydrogen) atoms. The number of amides is 1. The van der Waals surface area contributed by atoms with Crippen LogP contribution in [0.3, 0.4) is 0 Å². The van der Waals surface area contributed by atoms with Gasteiger partial charge >= 0.3 is 0 Å². The lowest BCUT2D eigenvalue weighted by Crippen LogP contribution is -2.49. The molecule has 2 heterocycles. The van der Waals surface area contributed by atoms with Crippen molar-refractivity contribution in [2.45, 2.75) is 24.7 Å². The predicted octanol–water partition coefficient (Wildman–Crippen LogP) is 1.26. The Hall–Kier alpha value is -1.64. The van der Waals surface area contributed by atoms with E-state index >= 15 is 0 Å². The van der Waals surface area contributed by atoms with Crippen molar-refractivity contribution in [2.75, 3.05) is 46.5 Å². The lowest BCUT2D eigenvalue weighted by atomic mass is 9.98. The van der Waals surface area contributed by atoms with Crippen LogP contribution in [0.15, 0.2) is 23.1 Å². The monoisotopic (exact) mass is 382 g/mol. The van der Waals surface area contributed by atoms with Crippen LogP contribution in [0.5, 0.6) is 5.75 Å². The largest absolute Gasteiger partial charge is 0.495 e. The molecule has 0 radical (unpaired) electrons. The smallest absolute Gasteiger partial charge is 0.246 e. The fraction of sp³-hybridized carbons (Fsp3) is 0.611. The summed E-state index contributed by atoms with van der Waals surface area (Å²) in [6, 6.07) is 5.11. The van der Waals surface area contributed by atoms with E-state index in [1.54, 1.807) is 17.0 Å². The Kier molecular flexibility index (Phi) is 5.84. The fourth-order valence-corrected chi connectivity index (χ4v) is 5.29. The summed E-state index contributed by atoms with van der Waals surface area (Å²) in [6.45, 7) is 4.73. The van der Waals surface area contributed by atoms with E-state index in [0.717, 1.165) is 5.56 Å². The Morgan fingerprint density at radius 3 is 2.65 bits per heavy atom. The van der Waals surface area contributed by atoms with Crippen molar-refractivity contribution in [1.82, 2.24) is 9.21 Å². The van der Waals surface area contributed by atoms with Gasteiger partial charge in [-0.25, -0.2) is 8.42 Å². The summed E-state index contributed by atoms with van der Waals surface area (Å²) in [6.07, 6.45) is 1.39. The summed E-state index contributed by atoms with van der Waals surface area (Å²) < 4.78 is 38.3. The second-order valence-electron chi connectivity index (χ2n) is 6.79. The zero-order valence-corrected chi connectivity index (χ0v) is 16.1. The van der Waals surface area contributed by atoms with Gasteiger partial charge < -0.3 is 14.4 Å². The number of carbonyl (C=O) groups excluding carboxylic acids is 1. The number of hydrogen-bond donors (Lipinski definition) is 0. The summed E-state index contributed by atoms with van der Waals surface area (Å²) in [5.41, 5.74) is 0.849. The highest BCUT2D eigenvalue weighted by Gasteiger charge is 2.36. The van der Waals surface area contributed by atoms with Crippen molar-refractivity contribution < 1.29 is 22.7 Å². The molecule has 0 bridgehead atoms. The number of ether oxygens (including phenoxy) is 2. The molecule has 0 unspecified atom stereocenters. The van der Waals surface area contributed by atoms with Crippen molar-refractivity contribution in [3.05, 3.63) is 23.8 Å². The molecule has 8 heteroatoms. The lowest BCUT2D eigenvalue weighted by molar-refractivity contribution is -0.140. The lowest BCUT2D eigenvalue weighted by Gasteiger charge is -2.35. The molecule has 2 aliphatic rings. The van der Waals surface area contributed by atoms with E-state index in [1.165, 1.54) is 11.4 Å². The summed E-state index contributed by atoms with van der Waals surface area (Å²) >= 11 is 0. The summed E-state index contributed by atoms with van der Waals surface area (Å²) in [5.74, 6) is 0.0639. The highest BCUT2D eigenvalue weighted by Crippen LogP contribution is 2.31. The van der Waals surface area contributed by atoms with Crippen molar-refractivity contribution >= 4 is 15.9 Å². The van der Waals surface area contributed by atoms with Crippen LogP contribution in [-0.4, -0.2) is 70.0 Å². The van der Waals surface area contributed by atoms with E-state index in [0.29, 0.717) is 51.4 Å². The molecule has 144 valence electrons. The molecule has 2 aliphatic heterocycles. The van der Waals surface area contributed by atoms with E-state index < -0.39 is 10.0 Å². The van der Waals surface area contributed by atoms with E-state index in [4.69, 9.17) is 9.47 Å². The van der Waals surface area contributed by atoms with Crippen LogP contribution in [0.4, 0.5) is 0 Å². The predicted molar refractivity (Wildman–Crippen MR) is 96.6 cm³/mol. The van der Waals surface area contributed by atoms with Crippen LogP contribution >= 0.6 is 0 Å². The van der Waals surface area contributed by atoms with Crippen molar-refractivity contribution in [3.8, 4) is 5.75 Å². The number of sulfonamides is 1. The molecule has 3 rings (SSSR count). The van der Waals surface area contributed by atoms with Gasteiger partial charge in [0.05, 0.1) is 26.2 Å². The third kappa shape index (κ3) is 3.87. The van der Waals surface area contributed by atoms with Gasteiger partial charge in [-0.3, -0.25) is 4.79 Å². The van der Waals surface area contributed by atoms with Gasteiger partial charge in [0.2, 0.25) is 15.9 Å². The van der Waals surface area contributed by atoms with Crippen LogP contribution < -0.4 is 4.74 Å². The number of morpholine rings is 1. The first-order valence-corrected chi connectivity index (χ1v) is 10.4. The molecular weight excluding hydrogens is 356 g/mol. The first-order chi connectivity index (χ1) is 12.4. The number of rotatable bonds is 4. The van der Waals surface area contributed by atoms with Gasteiger partial charge in [0, 0.05) is 26.2 Å². The van der Waals surface area contributed by atoms with Crippen molar-refractivity contribution in [1.29, 1.82) is 0 Å². The summed E-state index contributed by atoms with van der Waals surface area (Å²) in [7, 11) is -2.25. The normalized spacial score (nSPS) is 22.2. The number of nitrogens with zero attached hydrogens (tertiary/aromatic N) is 2. The summed E-state index contributed by atoms with van der Waals surface area (Å²) in [4.78, 5) is 14.7. The molecule has 1 aromatic carbocycles. The van der Waals surface area contributed by atoms with E-state index in [1.807, 2.05) is 13.0 Å². The fourth-order valence-electron chi connectivity index (χ4n) is 3.53. The molecule has 2 fully saturated rings. The van der Waals surface area contributed by atoms with Gasteiger partial charge in [0.15, 0.2) is 0 Å². The Balaban J connectivity index is 1.80. The van der Waals surface area contributed by atoms with Crippen molar-refractivity contribution in [3.63, 3.8) is 0 Å². The van der Waals surface area contributed by atoms with Crippen LogP contribution in [0.1, 0.15) is 18.4 Å². The third-order valence-corrected chi connectivity index (χ3v) is 6.88. The second-order valence-corrected chi connectivity index (χ2v) is 8.70. The van der Waals surface area contributed by atoms with Crippen molar-refractivity contribution in [2.24, 2.45) is 5.92 Å². The average molecular weight is 382 g/mol. The molecular formula is C18H26N2O5S. The quantitative estimate of drug-likeness (QED) is 0.784. The molecule has 7 nitrogen and oxygen atoms in total. The van der Waals surface area contributed by atoms with E-state index in [9.17, 15) is 13.2 Å². The van der Waals surface area contributed by atoms with Crippen LogP contribution in [0, 0.1) is 12.8 Å². The maximum Gasteiger partial charge on any atom is 0.246 e. The first kappa shape index (κ1) is 19.1. The minimum atomic E-state index is -3.71. The van der Waals surface area contributed by atoms with Crippen LogP contribution in [0.2, 0.25) is 0 Å². The van der Waals surface area contributed by atoms with Gasteiger partial charge in [0.25, 0.3) is 0 Å². The molecule has 0 aromatic heterocycles. The average Bonchev–Trinajstić information content (AvgIpc) is 2.68. The maximum absolute atomic E-state index is 13.2. The highest BCUT2D eigenvalue weighted by atomic mass is 32.2. The Labute approximate surface area is 154 Å². The van der Waals surface area contributed by atoms with E-state index in [-0.39, 0.29) is 23.3 Å². The molecule has 2 saturated heterocycles. The number of carbonyl (C=O) groups is 1. The van der Waals surface area contributed by atoms with E-state index in [2.05, 4.69) is 0 Å². The molecule has 0 spiro atoms. The first-order valence-electron chi connectivity index (χ1n) is 8.95. The molecule has 1 aromatic rings. The van der Waals surface area contributed by atoms with Crippen LogP contribution in [0.25, 0.3) is 0 Å². The summed E-state index contributed by atoms with van der Waals surface area (Å²) in [5, 5.41) is 0. The molecule has 0 aliphatic carbocycles. The number of aryl methyl sites for hydroxylation is 1. The molecule has 0 N–H and O–H groups in total. The number of piperidine rings is 1. The molecule has 1 amide bonds. The Bertz CT molecular complexity index is 759. The highest BCUT2D eigenvalue weighted by molar-refractivity contribution is 7.89. The molecule has 0 saturated carbocycles. The van der Waals surface area contributed by atoms with Gasteiger partial charge in [-0.1, -0.05) is 6.07 Å². The van der Waals surface area contributed by atoms with Gasteiger partial charge in [-0.15, -0.1) is 0 Å². The van der Waals surface area contributed by atoms with Gasteiger partial charge in [0.1, 0.15) is 10.6 Å². The third-order valence-electron chi connectivity index (χ3n) is 4.99. The second kappa shape index (κ2) is 7.94. The zero-order valence-electron chi connectivity index (χ0n) is 15.3. The minimum absolute atomic E-state index is 0.0319. The van der Waals surface area contributed by atoms with Gasteiger partial charge in [-0.2, -0.15) is 4.31 Å².